The first-order chi connectivity index (χ1) is 20.3. The van der Waals surface area contributed by atoms with Gasteiger partial charge >= 0.3 is 12.1 Å². The van der Waals surface area contributed by atoms with Crippen molar-refractivity contribution < 1.29 is 33.1 Å². The van der Waals surface area contributed by atoms with E-state index in [1.54, 1.807) is 51.7 Å². The first-order valence-electron chi connectivity index (χ1n) is 14.1. The standard InChI is InChI=1S/C32H38N4O7/c1-31(2,3)43-30(40)35-32(4,5)17-25(37)34-23-16-15-21-9-7-8-10-24(21)36(28(23)38)18-20-11-13-22(14-12-20)27-26(29(39)41-6)33-19-42-27/h7-14,19,23H,15-18H2,1-6H3,(H,34,37)(H,35,40)/t23-/m1/s1. The van der Waals surface area contributed by atoms with Crippen LogP contribution in [0.3, 0.4) is 0 Å². The maximum absolute atomic E-state index is 13.9. The van der Waals surface area contributed by atoms with E-state index in [1.807, 2.05) is 36.4 Å². The number of ether oxygens (including phenoxy) is 2. The topological polar surface area (TPSA) is 140 Å². The number of aryl methyl sites for hydroxylation is 1. The Bertz CT molecular complexity index is 1490. The second-order valence-electron chi connectivity index (χ2n) is 12.1. The summed E-state index contributed by atoms with van der Waals surface area (Å²) in [6, 6.07) is 14.2. The predicted molar refractivity (Wildman–Crippen MR) is 159 cm³/mol. The number of hydrogen-bond donors (Lipinski definition) is 2. The fraction of sp³-hybridized carbons (Fsp3) is 0.406. The van der Waals surface area contributed by atoms with Crippen molar-refractivity contribution in [3.8, 4) is 11.3 Å². The number of rotatable bonds is 8. The number of amides is 3. The number of nitrogens with one attached hydrogen (secondary N) is 2. The van der Waals surface area contributed by atoms with E-state index >= 15 is 0 Å². The van der Waals surface area contributed by atoms with Gasteiger partial charge in [-0.3, -0.25) is 9.59 Å². The van der Waals surface area contributed by atoms with Crippen LogP contribution >= 0.6 is 0 Å². The molecule has 2 aromatic carbocycles. The SMILES string of the molecule is COC(=O)c1ncoc1-c1ccc(CN2C(=O)[C@H](NC(=O)CC(C)(C)NC(=O)OC(C)(C)C)CCc3ccccc32)cc1. The molecule has 3 amide bonds. The third kappa shape index (κ3) is 8.00. The minimum atomic E-state index is -0.901. The zero-order valence-electron chi connectivity index (χ0n) is 25.4. The molecule has 11 heteroatoms. The number of oxazole rings is 1. The van der Waals surface area contributed by atoms with Crippen LogP contribution in [-0.2, 0) is 32.0 Å². The molecule has 1 aliphatic rings. The van der Waals surface area contributed by atoms with Gasteiger partial charge in [0, 0.05) is 23.2 Å². The van der Waals surface area contributed by atoms with E-state index in [0.717, 1.165) is 16.8 Å². The van der Waals surface area contributed by atoms with Gasteiger partial charge in [0.2, 0.25) is 11.8 Å². The molecule has 1 aliphatic heterocycles. The minimum Gasteiger partial charge on any atom is -0.464 e. The van der Waals surface area contributed by atoms with Crippen LogP contribution in [0.25, 0.3) is 11.3 Å². The van der Waals surface area contributed by atoms with Gasteiger partial charge in [0.1, 0.15) is 11.6 Å². The highest BCUT2D eigenvalue weighted by Gasteiger charge is 2.33. The van der Waals surface area contributed by atoms with E-state index in [1.165, 1.54) is 13.5 Å². The number of carbonyl (C=O) groups is 4. The maximum atomic E-state index is 13.9. The van der Waals surface area contributed by atoms with Crippen molar-refractivity contribution in [2.45, 2.75) is 77.6 Å². The lowest BCUT2D eigenvalue weighted by atomic mass is 9.99. The Labute approximate surface area is 250 Å². The number of esters is 1. The average molecular weight is 591 g/mol. The van der Waals surface area contributed by atoms with Crippen LogP contribution in [0.4, 0.5) is 10.5 Å². The van der Waals surface area contributed by atoms with Crippen LogP contribution in [0, 0.1) is 0 Å². The first-order valence-corrected chi connectivity index (χ1v) is 14.1. The van der Waals surface area contributed by atoms with Crippen molar-refractivity contribution in [1.82, 2.24) is 15.6 Å². The second-order valence-corrected chi connectivity index (χ2v) is 12.1. The number of aromatic nitrogens is 1. The van der Waals surface area contributed by atoms with E-state index < -0.39 is 29.2 Å². The highest BCUT2D eigenvalue weighted by Crippen LogP contribution is 2.30. The number of methoxy groups -OCH3 is 1. The van der Waals surface area contributed by atoms with Crippen LogP contribution in [-0.4, -0.2) is 53.2 Å². The lowest BCUT2D eigenvalue weighted by Crippen LogP contribution is -2.52. The number of alkyl carbamates (subject to hydrolysis) is 1. The lowest BCUT2D eigenvalue weighted by Gasteiger charge is -2.29. The number of nitrogens with zero attached hydrogens (tertiary/aromatic N) is 2. The molecule has 11 nitrogen and oxygen atoms in total. The number of fused-ring (bicyclic) bond motifs is 1. The van der Waals surface area contributed by atoms with Crippen molar-refractivity contribution in [2.75, 3.05) is 12.0 Å². The molecule has 0 saturated heterocycles. The third-order valence-corrected chi connectivity index (χ3v) is 6.83. The van der Waals surface area contributed by atoms with Gasteiger partial charge in [-0.05, 0) is 64.7 Å². The molecule has 0 fully saturated rings. The molecule has 3 aromatic rings. The van der Waals surface area contributed by atoms with Gasteiger partial charge in [0.05, 0.1) is 13.7 Å². The summed E-state index contributed by atoms with van der Waals surface area (Å²) in [6.07, 6.45) is 1.56. The van der Waals surface area contributed by atoms with Crippen LogP contribution in [0.2, 0.25) is 0 Å². The van der Waals surface area contributed by atoms with E-state index in [4.69, 9.17) is 13.9 Å². The fourth-order valence-electron chi connectivity index (χ4n) is 4.92. The smallest absolute Gasteiger partial charge is 0.408 e. The Morgan fingerprint density at radius 3 is 2.42 bits per heavy atom. The van der Waals surface area contributed by atoms with E-state index in [-0.39, 0.29) is 30.5 Å². The molecular weight excluding hydrogens is 552 g/mol. The van der Waals surface area contributed by atoms with Gasteiger partial charge in [0.15, 0.2) is 17.8 Å². The molecular formula is C32H38N4O7. The summed E-state index contributed by atoms with van der Waals surface area (Å²) in [7, 11) is 1.28. The molecule has 228 valence electrons. The second kappa shape index (κ2) is 12.7. The lowest BCUT2D eigenvalue weighted by molar-refractivity contribution is -0.128. The number of para-hydroxylation sites is 1. The molecule has 2 heterocycles. The van der Waals surface area contributed by atoms with Gasteiger partial charge in [-0.15, -0.1) is 0 Å². The van der Waals surface area contributed by atoms with Crippen molar-refractivity contribution in [1.29, 1.82) is 0 Å². The molecule has 1 aromatic heterocycles. The number of hydrogen-bond acceptors (Lipinski definition) is 8. The number of anilines is 1. The van der Waals surface area contributed by atoms with Crippen LogP contribution in [0.5, 0.6) is 0 Å². The van der Waals surface area contributed by atoms with Crippen molar-refractivity contribution in [2.24, 2.45) is 0 Å². The summed E-state index contributed by atoms with van der Waals surface area (Å²) in [5.74, 6) is -0.898. The van der Waals surface area contributed by atoms with Crippen LogP contribution < -0.4 is 15.5 Å². The van der Waals surface area contributed by atoms with Crippen molar-refractivity contribution >= 4 is 29.6 Å². The summed E-state index contributed by atoms with van der Waals surface area (Å²) < 4.78 is 15.5. The van der Waals surface area contributed by atoms with Crippen molar-refractivity contribution in [3.63, 3.8) is 0 Å². The van der Waals surface area contributed by atoms with Gasteiger partial charge in [-0.25, -0.2) is 14.6 Å². The molecule has 1 atom stereocenters. The Kier molecular flexibility index (Phi) is 9.22. The molecule has 0 unspecified atom stereocenters. The molecule has 4 rings (SSSR count). The molecule has 43 heavy (non-hydrogen) atoms. The largest absolute Gasteiger partial charge is 0.464 e. The van der Waals surface area contributed by atoms with Crippen LogP contribution in [0.15, 0.2) is 59.3 Å². The Morgan fingerprint density at radius 2 is 1.74 bits per heavy atom. The summed E-state index contributed by atoms with van der Waals surface area (Å²) in [6.45, 7) is 9.00. The summed E-state index contributed by atoms with van der Waals surface area (Å²) in [5, 5.41) is 5.64. The zero-order chi connectivity index (χ0) is 31.4. The van der Waals surface area contributed by atoms with E-state index in [9.17, 15) is 19.2 Å². The zero-order valence-corrected chi connectivity index (χ0v) is 25.4. The van der Waals surface area contributed by atoms with Crippen LogP contribution in [0.1, 0.15) is 69.1 Å². The fourth-order valence-corrected chi connectivity index (χ4v) is 4.92. The summed E-state index contributed by atoms with van der Waals surface area (Å²) in [4.78, 5) is 57.0. The Balaban J connectivity index is 1.49. The highest BCUT2D eigenvalue weighted by molar-refractivity contribution is 6.00. The normalized spacial score (nSPS) is 15.3. The summed E-state index contributed by atoms with van der Waals surface area (Å²) in [5.41, 5.74) is 1.76. The quantitative estimate of drug-likeness (QED) is 0.357. The first kappa shape index (κ1) is 31.3. The van der Waals surface area contributed by atoms with E-state index in [2.05, 4.69) is 15.6 Å². The minimum absolute atomic E-state index is 0.0420. The maximum Gasteiger partial charge on any atom is 0.408 e. The molecule has 0 bridgehead atoms. The highest BCUT2D eigenvalue weighted by atomic mass is 16.6. The van der Waals surface area contributed by atoms with Gasteiger partial charge in [-0.1, -0.05) is 42.5 Å². The number of benzene rings is 2. The molecule has 0 spiro atoms. The monoisotopic (exact) mass is 590 g/mol. The Hall–Kier alpha value is -4.67. The molecule has 0 saturated carbocycles. The van der Waals surface area contributed by atoms with E-state index in [0.29, 0.717) is 24.2 Å². The summed E-state index contributed by atoms with van der Waals surface area (Å²) >= 11 is 0. The number of carbonyl (C=O) groups excluding carboxylic acids is 4. The van der Waals surface area contributed by atoms with Gasteiger partial charge < -0.3 is 29.4 Å². The van der Waals surface area contributed by atoms with Gasteiger partial charge in [-0.2, -0.15) is 0 Å². The predicted octanol–water partition coefficient (Wildman–Crippen LogP) is 4.79. The average Bonchev–Trinajstić information content (AvgIpc) is 3.38. The molecule has 0 radical (unpaired) electrons. The Morgan fingerprint density at radius 1 is 1.05 bits per heavy atom. The third-order valence-electron chi connectivity index (χ3n) is 6.83. The molecule has 0 aliphatic carbocycles. The van der Waals surface area contributed by atoms with Gasteiger partial charge in [0.25, 0.3) is 0 Å². The van der Waals surface area contributed by atoms with Crippen molar-refractivity contribution in [3.05, 3.63) is 71.7 Å². The molecule has 2 N–H and O–H groups in total.